The van der Waals surface area contributed by atoms with Crippen LogP contribution in [0.3, 0.4) is 0 Å². The van der Waals surface area contributed by atoms with E-state index in [4.69, 9.17) is 4.74 Å². The van der Waals surface area contributed by atoms with Crippen LogP contribution in [0.1, 0.15) is 33.6 Å². The number of amides is 2. The van der Waals surface area contributed by atoms with Gasteiger partial charge in [-0.25, -0.2) is 8.42 Å². The van der Waals surface area contributed by atoms with Crippen LogP contribution in [0.2, 0.25) is 0 Å². The third-order valence-electron chi connectivity index (χ3n) is 5.37. The number of nitrogens with one attached hydrogen (secondary N) is 1. The van der Waals surface area contributed by atoms with Gasteiger partial charge in [-0.2, -0.15) is 4.72 Å². The van der Waals surface area contributed by atoms with Crippen molar-refractivity contribution in [3.05, 3.63) is 84.2 Å². The molecule has 0 spiro atoms. The minimum Gasteiger partial charge on any atom is -0.480 e. The van der Waals surface area contributed by atoms with Crippen molar-refractivity contribution in [1.29, 1.82) is 0 Å². The SMILES string of the molecule is O=C(O)C(CCCN1C(=O)c2ccccc2C1=O)NS(=O)(=O)c1ccc(Oc2ccncc2)cc1. The Morgan fingerprint density at radius 3 is 2.09 bits per heavy atom. The number of pyridine rings is 1. The Morgan fingerprint density at radius 1 is 0.943 bits per heavy atom. The van der Waals surface area contributed by atoms with Crippen molar-refractivity contribution in [2.75, 3.05) is 6.54 Å². The summed E-state index contributed by atoms with van der Waals surface area (Å²) in [5.74, 6) is -1.35. The number of hydrogen-bond donors (Lipinski definition) is 2. The number of nitrogens with zero attached hydrogens (tertiary/aromatic N) is 2. The topological polar surface area (TPSA) is 143 Å². The number of carboxylic acid groups (broad SMARTS) is 1. The molecule has 11 heteroatoms. The molecule has 2 amide bonds. The number of carboxylic acids is 1. The summed E-state index contributed by atoms with van der Waals surface area (Å²) >= 11 is 0. The number of carbonyl (C=O) groups excluding carboxylic acids is 2. The molecule has 10 nitrogen and oxygen atoms in total. The first-order chi connectivity index (χ1) is 16.8. The maximum Gasteiger partial charge on any atom is 0.321 e. The van der Waals surface area contributed by atoms with Crippen molar-refractivity contribution < 1.29 is 32.6 Å². The van der Waals surface area contributed by atoms with Crippen LogP contribution in [-0.2, 0) is 14.8 Å². The molecule has 0 saturated heterocycles. The monoisotopic (exact) mass is 495 g/mol. The molecule has 2 aromatic carbocycles. The van der Waals surface area contributed by atoms with Gasteiger partial charge in [0.25, 0.3) is 11.8 Å². The minimum absolute atomic E-state index is 0.0289. The molecule has 1 unspecified atom stereocenters. The second-order valence-corrected chi connectivity index (χ2v) is 9.43. The third kappa shape index (κ3) is 5.36. The second-order valence-electron chi connectivity index (χ2n) is 7.72. The molecule has 180 valence electrons. The smallest absolute Gasteiger partial charge is 0.321 e. The lowest BCUT2D eigenvalue weighted by Gasteiger charge is -2.17. The predicted molar refractivity (Wildman–Crippen MR) is 124 cm³/mol. The van der Waals surface area contributed by atoms with E-state index in [0.717, 1.165) is 4.90 Å². The fourth-order valence-electron chi connectivity index (χ4n) is 3.61. The number of hydrogen-bond acceptors (Lipinski definition) is 7. The number of imide groups is 1. The Kier molecular flexibility index (Phi) is 6.90. The van der Waals surface area contributed by atoms with Gasteiger partial charge < -0.3 is 9.84 Å². The van der Waals surface area contributed by atoms with Crippen molar-refractivity contribution in [1.82, 2.24) is 14.6 Å². The van der Waals surface area contributed by atoms with Crippen molar-refractivity contribution in [2.24, 2.45) is 0 Å². The summed E-state index contributed by atoms with van der Waals surface area (Å²) in [5, 5.41) is 9.53. The highest BCUT2D eigenvalue weighted by atomic mass is 32.2. The Hall–Kier alpha value is -4.09. The van der Waals surface area contributed by atoms with Crippen LogP contribution < -0.4 is 9.46 Å². The number of rotatable bonds is 10. The lowest BCUT2D eigenvalue weighted by molar-refractivity contribution is -0.139. The lowest BCUT2D eigenvalue weighted by atomic mass is 10.1. The number of aromatic nitrogens is 1. The molecular formula is C24H21N3O7S. The van der Waals surface area contributed by atoms with Crippen LogP contribution in [0.5, 0.6) is 11.5 Å². The first kappa shape index (κ1) is 24.0. The van der Waals surface area contributed by atoms with Gasteiger partial charge in [-0.05, 0) is 61.4 Å². The molecular weight excluding hydrogens is 474 g/mol. The number of ether oxygens (including phenoxy) is 1. The molecule has 3 aromatic rings. The van der Waals surface area contributed by atoms with Crippen LogP contribution in [0, 0.1) is 0 Å². The Bertz CT molecular complexity index is 1320. The fraction of sp³-hybridized carbons (Fsp3) is 0.167. The second kappa shape index (κ2) is 10.0. The number of sulfonamides is 1. The average molecular weight is 496 g/mol. The molecule has 1 aliphatic rings. The summed E-state index contributed by atoms with van der Waals surface area (Å²) in [5.41, 5.74) is 0.591. The molecule has 0 aliphatic carbocycles. The third-order valence-corrected chi connectivity index (χ3v) is 6.86. The predicted octanol–water partition coefficient (Wildman–Crippen LogP) is 2.68. The van der Waals surface area contributed by atoms with E-state index >= 15 is 0 Å². The van der Waals surface area contributed by atoms with E-state index in [-0.39, 0.29) is 24.3 Å². The molecule has 1 aliphatic heterocycles. The standard InChI is InChI=1S/C24H21N3O7S/c28-22-19-4-1-2-5-20(19)23(29)27(22)15-3-6-21(24(30)31)26-35(32,33)18-9-7-16(8-10-18)34-17-11-13-25-14-12-17/h1-2,4-5,7-14,21,26H,3,6,15H2,(H,30,31). The Morgan fingerprint density at radius 2 is 1.51 bits per heavy atom. The molecule has 4 rings (SSSR count). The largest absolute Gasteiger partial charge is 0.480 e. The lowest BCUT2D eigenvalue weighted by Crippen LogP contribution is -2.41. The highest BCUT2D eigenvalue weighted by molar-refractivity contribution is 7.89. The summed E-state index contributed by atoms with van der Waals surface area (Å²) < 4.78 is 33.3. The van der Waals surface area contributed by atoms with Crippen LogP contribution in [0.4, 0.5) is 0 Å². The maximum absolute atomic E-state index is 12.7. The molecule has 35 heavy (non-hydrogen) atoms. The van der Waals surface area contributed by atoms with E-state index in [9.17, 15) is 27.9 Å². The molecule has 2 N–H and O–H groups in total. The molecule has 0 radical (unpaired) electrons. The van der Waals surface area contributed by atoms with Crippen LogP contribution in [0.25, 0.3) is 0 Å². The van der Waals surface area contributed by atoms with Crippen molar-refractivity contribution in [3.8, 4) is 11.5 Å². The fourth-order valence-corrected chi connectivity index (χ4v) is 4.84. The van der Waals surface area contributed by atoms with Crippen LogP contribution in [0.15, 0.2) is 78.0 Å². The van der Waals surface area contributed by atoms with Gasteiger partial charge in [-0.3, -0.25) is 24.3 Å². The van der Waals surface area contributed by atoms with E-state index in [1.165, 1.54) is 24.3 Å². The first-order valence-electron chi connectivity index (χ1n) is 10.6. The maximum atomic E-state index is 12.7. The average Bonchev–Trinajstić information content (AvgIpc) is 3.09. The van der Waals surface area contributed by atoms with Gasteiger partial charge in [0.15, 0.2) is 0 Å². The zero-order chi connectivity index (χ0) is 25.0. The number of aliphatic carboxylic acids is 1. The van der Waals surface area contributed by atoms with Gasteiger partial charge >= 0.3 is 5.97 Å². The first-order valence-corrected chi connectivity index (χ1v) is 12.1. The number of benzene rings is 2. The molecule has 0 saturated carbocycles. The quantitative estimate of drug-likeness (QED) is 0.409. The molecule has 0 bridgehead atoms. The van der Waals surface area contributed by atoms with Gasteiger partial charge in [0.05, 0.1) is 16.0 Å². The van der Waals surface area contributed by atoms with Gasteiger partial charge in [0.1, 0.15) is 17.5 Å². The van der Waals surface area contributed by atoms with E-state index in [0.29, 0.717) is 22.6 Å². The van der Waals surface area contributed by atoms with Crippen molar-refractivity contribution >= 4 is 27.8 Å². The molecule has 1 aromatic heterocycles. The van der Waals surface area contributed by atoms with E-state index < -0.39 is 33.8 Å². The normalized spacial score (nSPS) is 14.0. The van der Waals surface area contributed by atoms with Gasteiger partial charge in [0.2, 0.25) is 10.0 Å². The summed E-state index contributed by atoms with van der Waals surface area (Å²) in [6.07, 6.45) is 3.09. The summed E-state index contributed by atoms with van der Waals surface area (Å²) in [4.78, 5) is 41.4. The van der Waals surface area contributed by atoms with Gasteiger partial charge in [-0.15, -0.1) is 0 Å². The highest BCUT2D eigenvalue weighted by Crippen LogP contribution is 2.24. The molecule has 1 atom stereocenters. The summed E-state index contributed by atoms with van der Waals surface area (Å²) in [7, 11) is -4.15. The minimum atomic E-state index is -4.15. The molecule has 2 heterocycles. The van der Waals surface area contributed by atoms with Gasteiger partial charge in [0, 0.05) is 18.9 Å². The number of carbonyl (C=O) groups is 3. The van der Waals surface area contributed by atoms with E-state index in [2.05, 4.69) is 9.71 Å². The van der Waals surface area contributed by atoms with Crippen LogP contribution >= 0.6 is 0 Å². The number of fused-ring (bicyclic) bond motifs is 1. The Labute approximate surface area is 201 Å². The van der Waals surface area contributed by atoms with Crippen molar-refractivity contribution in [2.45, 2.75) is 23.8 Å². The Balaban J connectivity index is 1.37. The van der Waals surface area contributed by atoms with E-state index in [1.807, 2.05) is 0 Å². The van der Waals surface area contributed by atoms with Crippen LogP contribution in [-0.4, -0.2) is 53.8 Å². The molecule has 0 fully saturated rings. The highest BCUT2D eigenvalue weighted by Gasteiger charge is 2.35. The van der Waals surface area contributed by atoms with Gasteiger partial charge in [-0.1, -0.05) is 12.1 Å². The van der Waals surface area contributed by atoms with E-state index in [1.54, 1.807) is 48.8 Å². The zero-order valence-electron chi connectivity index (χ0n) is 18.3. The summed E-state index contributed by atoms with van der Waals surface area (Å²) in [6.45, 7) is -0.0289. The van der Waals surface area contributed by atoms with Crippen molar-refractivity contribution in [3.63, 3.8) is 0 Å². The zero-order valence-corrected chi connectivity index (χ0v) is 19.1. The summed E-state index contributed by atoms with van der Waals surface area (Å²) in [6, 6.07) is 13.8.